The number of ketones is 1. The lowest BCUT2D eigenvalue weighted by Gasteiger charge is -2.19. The summed E-state index contributed by atoms with van der Waals surface area (Å²) >= 11 is 0. The number of carbonyl (C=O) groups is 1. The standard InChI is InChI=1S/C15H12O3/c1-18-12-3-5-14-10(8-12)6-9-7-11(16)2-4-13(9)15(14)17/h2-5,7-8,16H,6H2,1H3. The van der Waals surface area contributed by atoms with E-state index in [0.29, 0.717) is 17.5 Å². The molecular formula is C15H12O3. The Morgan fingerprint density at radius 1 is 1.06 bits per heavy atom. The lowest BCUT2D eigenvalue weighted by Crippen LogP contribution is -2.14. The average molecular weight is 240 g/mol. The zero-order valence-electron chi connectivity index (χ0n) is 9.93. The Labute approximate surface area is 105 Å². The van der Waals surface area contributed by atoms with Gasteiger partial charge < -0.3 is 9.84 Å². The summed E-state index contributed by atoms with van der Waals surface area (Å²) in [5.74, 6) is 0.937. The maximum atomic E-state index is 12.3. The zero-order valence-corrected chi connectivity index (χ0v) is 9.93. The van der Waals surface area contributed by atoms with E-state index in [1.807, 2.05) is 6.07 Å². The monoisotopic (exact) mass is 240 g/mol. The van der Waals surface area contributed by atoms with Crippen molar-refractivity contribution in [3.05, 3.63) is 58.7 Å². The molecule has 3 rings (SSSR count). The Bertz CT molecular complexity index is 644. The first-order valence-corrected chi connectivity index (χ1v) is 5.72. The van der Waals surface area contributed by atoms with Crippen molar-refractivity contribution in [1.29, 1.82) is 0 Å². The highest BCUT2D eigenvalue weighted by Crippen LogP contribution is 2.31. The van der Waals surface area contributed by atoms with Gasteiger partial charge in [-0.3, -0.25) is 4.79 Å². The van der Waals surface area contributed by atoms with E-state index >= 15 is 0 Å². The van der Waals surface area contributed by atoms with Crippen LogP contribution in [0.15, 0.2) is 36.4 Å². The molecular weight excluding hydrogens is 228 g/mol. The van der Waals surface area contributed by atoms with E-state index in [1.165, 1.54) is 0 Å². The lowest BCUT2D eigenvalue weighted by atomic mass is 9.85. The molecule has 0 fully saturated rings. The summed E-state index contributed by atoms with van der Waals surface area (Å²) in [5.41, 5.74) is 3.19. The van der Waals surface area contributed by atoms with Crippen LogP contribution in [0.4, 0.5) is 0 Å². The lowest BCUT2D eigenvalue weighted by molar-refractivity contribution is 0.103. The van der Waals surface area contributed by atoms with Gasteiger partial charge in [0.2, 0.25) is 0 Å². The molecule has 0 aliphatic heterocycles. The number of rotatable bonds is 1. The fraction of sp³-hybridized carbons (Fsp3) is 0.133. The number of hydrogen-bond donors (Lipinski definition) is 1. The first-order valence-electron chi connectivity index (χ1n) is 5.72. The molecule has 0 atom stereocenters. The number of benzene rings is 2. The van der Waals surface area contributed by atoms with Crippen LogP contribution in [0.5, 0.6) is 11.5 Å². The van der Waals surface area contributed by atoms with Gasteiger partial charge in [-0.15, -0.1) is 0 Å². The number of phenols is 1. The van der Waals surface area contributed by atoms with Gasteiger partial charge in [-0.05, 0) is 53.9 Å². The fourth-order valence-corrected chi connectivity index (χ4v) is 2.36. The molecule has 0 aromatic heterocycles. The minimum Gasteiger partial charge on any atom is -0.508 e. The van der Waals surface area contributed by atoms with Crippen LogP contribution in [0.1, 0.15) is 27.0 Å². The van der Waals surface area contributed by atoms with Crippen molar-refractivity contribution in [3.63, 3.8) is 0 Å². The number of hydrogen-bond acceptors (Lipinski definition) is 3. The predicted molar refractivity (Wildman–Crippen MR) is 67.3 cm³/mol. The molecule has 90 valence electrons. The topological polar surface area (TPSA) is 46.5 Å². The quantitative estimate of drug-likeness (QED) is 0.711. The van der Waals surface area contributed by atoms with E-state index in [4.69, 9.17) is 4.74 Å². The Kier molecular flexibility index (Phi) is 2.33. The largest absolute Gasteiger partial charge is 0.508 e. The van der Waals surface area contributed by atoms with E-state index in [1.54, 1.807) is 37.4 Å². The van der Waals surface area contributed by atoms with Crippen LogP contribution in [0.25, 0.3) is 0 Å². The predicted octanol–water partition coefficient (Wildman–Crippen LogP) is 2.54. The Hall–Kier alpha value is -2.29. The SMILES string of the molecule is COc1ccc2c(c1)Cc1cc(O)ccc1C2=O. The molecule has 0 bridgehead atoms. The Morgan fingerprint density at radius 2 is 1.72 bits per heavy atom. The second-order valence-electron chi connectivity index (χ2n) is 4.37. The smallest absolute Gasteiger partial charge is 0.193 e. The number of ether oxygens (including phenoxy) is 1. The van der Waals surface area contributed by atoms with Gasteiger partial charge in [0.15, 0.2) is 5.78 Å². The van der Waals surface area contributed by atoms with Gasteiger partial charge in [0.25, 0.3) is 0 Å². The van der Waals surface area contributed by atoms with Crippen molar-refractivity contribution in [2.75, 3.05) is 7.11 Å². The summed E-state index contributed by atoms with van der Waals surface area (Å²) in [4.78, 5) is 12.3. The highest BCUT2D eigenvalue weighted by atomic mass is 16.5. The van der Waals surface area contributed by atoms with Crippen molar-refractivity contribution in [2.24, 2.45) is 0 Å². The molecule has 2 aromatic rings. The van der Waals surface area contributed by atoms with Gasteiger partial charge in [0.05, 0.1) is 7.11 Å². The minimum atomic E-state index is 0.00824. The maximum absolute atomic E-state index is 12.3. The number of aromatic hydroxyl groups is 1. The highest BCUT2D eigenvalue weighted by Gasteiger charge is 2.23. The van der Waals surface area contributed by atoms with E-state index in [2.05, 4.69) is 0 Å². The van der Waals surface area contributed by atoms with Crippen molar-refractivity contribution < 1.29 is 14.6 Å². The van der Waals surface area contributed by atoms with Crippen LogP contribution >= 0.6 is 0 Å². The molecule has 0 saturated heterocycles. The normalized spacial score (nSPS) is 12.8. The molecule has 3 nitrogen and oxygen atoms in total. The number of methoxy groups -OCH3 is 1. The van der Waals surface area contributed by atoms with Crippen LogP contribution in [0.2, 0.25) is 0 Å². The molecule has 0 heterocycles. The van der Waals surface area contributed by atoms with Crippen LogP contribution in [-0.4, -0.2) is 18.0 Å². The highest BCUT2D eigenvalue weighted by molar-refractivity contribution is 6.12. The van der Waals surface area contributed by atoms with Crippen molar-refractivity contribution in [1.82, 2.24) is 0 Å². The minimum absolute atomic E-state index is 0.00824. The molecule has 0 spiro atoms. The van der Waals surface area contributed by atoms with Crippen molar-refractivity contribution >= 4 is 5.78 Å². The molecule has 1 aliphatic rings. The molecule has 0 amide bonds. The van der Waals surface area contributed by atoms with Gasteiger partial charge in [0.1, 0.15) is 11.5 Å². The Balaban J connectivity index is 2.15. The summed E-state index contributed by atoms with van der Waals surface area (Å²) in [6.07, 6.45) is 0.641. The van der Waals surface area contributed by atoms with Crippen LogP contribution < -0.4 is 4.74 Å². The molecule has 0 radical (unpaired) electrons. The summed E-state index contributed by atoms with van der Waals surface area (Å²) in [6, 6.07) is 10.3. The van der Waals surface area contributed by atoms with Crippen LogP contribution in [-0.2, 0) is 6.42 Å². The van der Waals surface area contributed by atoms with Crippen molar-refractivity contribution in [3.8, 4) is 11.5 Å². The summed E-state index contributed by atoms with van der Waals surface area (Å²) in [7, 11) is 1.60. The van der Waals surface area contributed by atoms with Gasteiger partial charge >= 0.3 is 0 Å². The number of carbonyl (C=O) groups excluding carboxylic acids is 1. The van der Waals surface area contributed by atoms with Crippen LogP contribution in [0, 0.1) is 0 Å². The maximum Gasteiger partial charge on any atom is 0.193 e. The number of phenolic OH excluding ortho intramolecular Hbond substituents is 1. The van der Waals surface area contributed by atoms with E-state index in [9.17, 15) is 9.90 Å². The summed E-state index contributed by atoms with van der Waals surface area (Å²) < 4.78 is 5.17. The number of fused-ring (bicyclic) bond motifs is 2. The first-order chi connectivity index (χ1) is 8.69. The fourth-order valence-electron chi connectivity index (χ4n) is 2.36. The third kappa shape index (κ3) is 1.56. The summed E-state index contributed by atoms with van der Waals surface area (Å²) in [5, 5.41) is 9.49. The molecule has 0 unspecified atom stereocenters. The van der Waals surface area contributed by atoms with E-state index in [-0.39, 0.29) is 11.5 Å². The molecule has 1 N–H and O–H groups in total. The molecule has 18 heavy (non-hydrogen) atoms. The van der Waals surface area contributed by atoms with E-state index in [0.717, 1.165) is 16.9 Å². The van der Waals surface area contributed by atoms with Gasteiger partial charge in [-0.2, -0.15) is 0 Å². The van der Waals surface area contributed by atoms with Gasteiger partial charge in [-0.25, -0.2) is 0 Å². The van der Waals surface area contributed by atoms with Crippen molar-refractivity contribution in [2.45, 2.75) is 6.42 Å². The molecule has 1 aliphatic carbocycles. The third-order valence-corrected chi connectivity index (χ3v) is 3.27. The summed E-state index contributed by atoms with van der Waals surface area (Å²) in [6.45, 7) is 0. The Morgan fingerprint density at radius 3 is 2.44 bits per heavy atom. The molecule has 3 heteroatoms. The van der Waals surface area contributed by atoms with Gasteiger partial charge in [0, 0.05) is 11.1 Å². The van der Waals surface area contributed by atoms with E-state index < -0.39 is 0 Å². The third-order valence-electron chi connectivity index (χ3n) is 3.27. The second kappa shape index (κ2) is 3.88. The molecule has 2 aromatic carbocycles. The second-order valence-corrected chi connectivity index (χ2v) is 4.37. The van der Waals surface area contributed by atoms with Crippen LogP contribution in [0.3, 0.4) is 0 Å². The first kappa shape index (κ1) is 10.8. The zero-order chi connectivity index (χ0) is 12.7. The average Bonchev–Trinajstić information content (AvgIpc) is 2.38. The molecule has 0 saturated carbocycles. The van der Waals surface area contributed by atoms with Gasteiger partial charge in [-0.1, -0.05) is 0 Å².